The first kappa shape index (κ1) is 19.4. The van der Waals surface area contributed by atoms with E-state index in [1.54, 1.807) is 0 Å². The van der Waals surface area contributed by atoms with Crippen molar-refractivity contribution >= 4 is 12.4 Å². The first-order chi connectivity index (χ1) is 9.62. The van der Waals surface area contributed by atoms with Crippen LogP contribution in [-0.2, 0) is 18.4 Å². The molecule has 0 fully saturated rings. The number of benzene rings is 1. The van der Waals surface area contributed by atoms with Crippen molar-refractivity contribution in [2.75, 3.05) is 0 Å². The van der Waals surface area contributed by atoms with Gasteiger partial charge in [-0.3, -0.25) is 0 Å². The summed E-state index contributed by atoms with van der Waals surface area (Å²) in [5.74, 6) is 0. The Kier molecular flexibility index (Phi) is 8.68. The second-order valence-electron chi connectivity index (χ2n) is 5.07. The lowest BCUT2D eigenvalue weighted by atomic mass is 9.79. The highest BCUT2D eigenvalue weighted by atomic mass is 35.5. The Balaban J connectivity index is 0.00000400. The first-order valence-corrected chi connectivity index (χ1v) is 6.96. The molecule has 2 heteroatoms. The van der Waals surface area contributed by atoms with Crippen molar-refractivity contribution in [3.63, 3.8) is 0 Å². The molecule has 0 amide bonds. The van der Waals surface area contributed by atoms with Crippen molar-refractivity contribution in [2.24, 2.45) is 5.73 Å². The molecule has 0 atom stereocenters. The van der Waals surface area contributed by atoms with Gasteiger partial charge in [-0.15, -0.1) is 38.7 Å². The Labute approximate surface area is 135 Å². The summed E-state index contributed by atoms with van der Waals surface area (Å²) in [7, 11) is 0. The van der Waals surface area contributed by atoms with E-state index in [1.165, 1.54) is 11.1 Å². The Morgan fingerprint density at radius 1 is 0.905 bits per heavy atom. The summed E-state index contributed by atoms with van der Waals surface area (Å²) in [6.07, 6.45) is 10.7. The summed E-state index contributed by atoms with van der Waals surface area (Å²) >= 11 is 0. The minimum atomic E-state index is -0.445. The van der Waals surface area contributed by atoms with Crippen molar-refractivity contribution in [1.82, 2.24) is 0 Å². The zero-order valence-corrected chi connectivity index (χ0v) is 13.5. The second-order valence-corrected chi connectivity index (χ2v) is 5.07. The molecular weight excluding hydrogens is 278 g/mol. The van der Waals surface area contributed by atoms with Crippen LogP contribution in [-0.4, -0.2) is 0 Å². The molecule has 0 radical (unpaired) electrons. The van der Waals surface area contributed by atoms with Gasteiger partial charge in [0.1, 0.15) is 0 Å². The molecule has 1 aromatic rings. The lowest BCUT2D eigenvalue weighted by Gasteiger charge is -2.31. The van der Waals surface area contributed by atoms with Gasteiger partial charge in [0.25, 0.3) is 0 Å². The van der Waals surface area contributed by atoms with Gasteiger partial charge in [-0.2, -0.15) is 0 Å². The van der Waals surface area contributed by atoms with Gasteiger partial charge in [0.2, 0.25) is 0 Å². The van der Waals surface area contributed by atoms with Gasteiger partial charge in [0.05, 0.1) is 0 Å². The SMILES string of the molecule is C=CCc1cccc(C(N)(CC=C)CC=C)c1CC=C.Cl. The topological polar surface area (TPSA) is 26.0 Å². The largest absolute Gasteiger partial charge is 0.321 e. The maximum atomic E-state index is 6.63. The smallest absolute Gasteiger partial charge is 0.0482 e. The average Bonchev–Trinajstić information content (AvgIpc) is 2.41. The van der Waals surface area contributed by atoms with Crippen LogP contribution < -0.4 is 5.73 Å². The zero-order valence-electron chi connectivity index (χ0n) is 12.7. The highest BCUT2D eigenvalue weighted by molar-refractivity contribution is 5.85. The summed E-state index contributed by atoms with van der Waals surface area (Å²) in [6, 6.07) is 6.30. The summed E-state index contributed by atoms with van der Waals surface area (Å²) < 4.78 is 0. The fourth-order valence-corrected chi connectivity index (χ4v) is 2.65. The Morgan fingerprint density at radius 2 is 1.48 bits per heavy atom. The van der Waals surface area contributed by atoms with Crippen LogP contribution in [0.15, 0.2) is 68.8 Å². The lowest BCUT2D eigenvalue weighted by Crippen LogP contribution is -2.37. The van der Waals surface area contributed by atoms with Crippen LogP contribution in [0.2, 0.25) is 0 Å². The molecule has 0 aliphatic heterocycles. The third-order valence-electron chi connectivity index (χ3n) is 3.54. The summed E-state index contributed by atoms with van der Waals surface area (Å²) in [5.41, 5.74) is 9.87. The molecule has 0 bridgehead atoms. The third kappa shape index (κ3) is 4.73. The van der Waals surface area contributed by atoms with E-state index in [1.807, 2.05) is 24.3 Å². The highest BCUT2D eigenvalue weighted by Gasteiger charge is 2.27. The monoisotopic (exact) mass is 303 g/mol. The van der Waals surface area contributed by atoms with Crippen LogP contribution in [0.4, 0.5) is 0 Å². The molecule has 0 saturated carbocycles. The normalized spacial score (nSPS) is 10.3. The van der Waals surface area contributed by atoms with Crippen molar-refractivity contribution in [3.8, 4) is 0 Å². The molecule has 114 valence electrons. The van der Waals surface area contributed by atoms with Gasteiger partial charge < -0.3 is 5.73 Å². The van der Waals surface area contributed by atoms with Crippen LogP contribution in [0.5, 0.6) is 0 Å². The Bertz CT molecular complexity index is 492. The van der Waals surface area contributed by atoms with Crippen molar-refractivity contribution < 1.29 is 0 Å². The summed E-state index contributed by atoms with van der Waals surface area (Å²) in [6.45, 7) is 15.4. The van der Waals surface area contributed by atoms with Crippen molar-refractivity contribution in [2.45, 2.75) is 31.2 Å². The van der Waals surface area contributed by atoms with Crippen molar-refractivity contribution in [3.05, 3.63) is 85.5 Å². The van der Waals surface area contributed by atoms with Gasteiger partial charge in [-0.05, 0) is 42.4 Å². The number of rotatable bonds is 9. The predicted molar refractivity (Wildman–Crippen MR) is 97.0 cm³/mol. The lowest BCUT2D eigenvalue weighted by molar-refractivity contribution is 0.452. The van der Waals surface area contributed by atoms with Crippen LogP contribution in [0, 0.1) is 0 Å². The number of allylic oxidation sites excluding steroid dienone is 2. The van der Waals surface area contributed by atoms with Crippen LogP contribution in [0.3, 0.4) is 0 Å². The molecule has 21 heavy (non-hydrogen) atoms. The molecule has 0 heterocycles. The minimum absolute atomic E-state index is 0. The average molecular weight is 304 g/mol. The van der Waals surface area contributed by atoms with Gasteiger partial charge in [-0.1, -0.05) is 42.5 Å². The van der Waals surface area contributed by atoms with Crippen LogP contribution in [0.1, 0.15) is 29.5 Å². The van der Waals surface area contributed by atoms with Gasteiger partial charge in [0.15, 0.2) is 0 Å². The maximum Gasteiger partial charge on any atom is 0.0482 e. The molecular formula is C19H26ClN. The van der Waals surface area contributed by atoms with Gasteiger partial charge >= 0.3 is 0 Å². The van der Waals surface area contributed by atoms with Crippen LogP contribution >= 0.6 is 12.4 Å². The van der Waals surface area contributed by atoms with E-state index in [2.05, 4.69) is 44.5 Å². The van der Waals surface area contributed by atoms with Gasteiger partial charge in [0, 0.05) is 5.54 Å². The Hall–Kier alpha value is -1.57. The number of hydrogen-bond acceptors (Lipinski definition) is 1. The summed E-state index contributed by atoms with van der Waals surface area (Å²) in [4.78, 5) is 0. The van der Waals surface area contributed by atoms with Crippen LogP contribution in [0.25, 0.3) is 0 Å². The maximum absolute atomic E-state index is 6.63. The molecule has 0 unspecified atom stereocenters. The molecule has 0 spiro atoms. The van der Waals surface area contributed by atoms with Crippen molar-refractivity contribution in [1.29, 1.82) is 0 Å². The van der Waals surface area contributed by atoms with E-state index in [0.29, 0.717) is 0 Å². The van der Waals surface area contributed by atoms with Gasteiger partial charge in [-0.25, -0.2) is 0 Å². The molecule has 0 aromatic heterocycles. The van der Waals surface area contributed by atoms with E-state index in [4.69, 9.17) is 5.73 Å². The van der Waals surface area contributed by atoms with E-state index in [9.17, 15) is 0 Å². The molecule has 0 aliphatic rings. The molecule has 2 N–H and O–H groups in total. The quantitative estimate of drug-likeness (QED) is 0.647. The van der Waals surface area contributed by atoms with E-state index >= 15 is 0 Å². The third-order valence-corrected chi connectivity index (χ3v) is 3.54. The molecule has 0 saturated heterocycles. The van der Waals surface area contributed by atoms with E-state index in [0.717, 1.165) is 31.2 Å². The first-order valence-electron chi connectivity index (χ1n) is 6.96. The number of hydrogen-bond donors (Lipinski definition) is 1. The highest BCUT2D eigenvalue weighted by Crippen LogP contribution is 2.32. The fourth-order valence-electron chi connectivity index (χ4n) is 2.65. The standard InChI is InChI=1S/C19H25N.ClH/c1-5-10-16-12-9-13-18(17(16)11-6-2)19(20,14-7-3)15-8-4;/h5-9,12-13H,1-4,10-11,14-15,20H2;1H. The fraction of sp³-hybridized carbons (Fsp3) is 0.263. The molecule has 1 aromatic carbocycles. The van der Waals surface area contributed by atoms with E-state index < -0.39 is 5.54 Å². The Morgan fingerprint density at radius 3 is 1.95 bits per heavy atom. The number of nitrogens with two attached hydrogens (primary N) is 1. The molecule has 0 aliphatic carbocycles. The predicted octanol–water partition coefficient (Wildman–Crippen LogP) is 4.87. The number of halogens is 1. The summed E-state index contributed by atoms with van der Waals surface area (Å²) in [5, 5.41) is 0. The zero-order chi connectivity index (χ0) is 15.0. The minimum Gasteiger partial charge on any atom is -0.321 e. The van der Waals surface area contributed by atoms with E-state index in [-0.39, 0.29) is 12.4 Å². The second kappa shape index (κ2) is 9.38. The molecule has 1 nitrogen and oxygen atoms in total. The molecule has 1 rings (SSSR count).